The number of benzene rings is 1. The van der Waals surface area contributed by atoms with Crippen molar-refractivity contribution < 1.29 is 9.18 Å². The number of rotatable bonds is 3. The van der Waals surface area contributed by atoms with Crippen molar-refractivity contribution in [3.05, 3.63) is 47.0 Å². The number of aromatic nitrogens is 2. The van der Waals surface area contributed by atoms with Gasteiger partial charge in [0.25, 0.3) is 0 Å². The van der Waals surface area contributed by atoms with E-state index in [-0.39, 0.29) is 11.7 Å². The summed E-state index contributed by atoms with van der Waals surface area (Å²) in [6.45, 7) is 7.06. The third kappa shape index (κ3) is 3.27. The zero-order valence-electron chi connectivity index (χ0n) is 13.5. The van der Waals surface area contributed by atoms with Gasteiger partial charge in [0.15, 0.2) is 0 Å². The Balaban J connectivity index is 1.83. The van der Waals surface area contributed by atoms with Crippen LogP contribution in [0.1, 0.15) is 17.0 Å². The largest absolute Gasteiger partial charge is 0.340 e. The molecular weight excluding hydrogens is 295 g/mol. The normalized spacial score (nSPS) is 15.0. The Hall–Kier alpha value is -2.21. The highest BCUT2D eigenvalue weighted by molar-refractivity contribution is 5.79. The predicted octanol–water partition coefficient (Wildman–Crippen LogP) is 1.60. The van der Waals surface area contributed by atoms with Crippen molar-refractivity contribution in [2.75, 3.05) is 26.2 Å². The fourth-order valence-corrected chi connectivity index (χ4v) is 2.94. The van der Waals surface area contributed by atoms with Crippen LogP contribution in [0, 0.1) is 19.7 Å². The predicted molar refractivity (Wildman–Crippen MR) is 86.1 cm³/mol. The van der Waals surface area contributed by atoms with Gasteiger partial charge in [0, 0.05) is 37.4 Å². The van der Waals surface area contributed by atoms with Crippen LogP contribution in [0.2, 0.25) is 0 Å². The molecule has 0 aliphatic carbocycles. The maximum absolute atomic E-state index is 13.1. The molecule has 1 amide bonds. The number of hydrogen-bond acceptors (Lipinski definition) is 3. The van der Waals surface area contributed by atoms with Gasteiger partial charge in [0.1, 0.15) is 5.82 Å². The van der Waals surface area contributed by atoms with Crippen molar-refractivity contribution in [1.82, 2.24) is 20.0 Å². The minimum Gasteiger partial charge on any atom is -0.340 e. The van der Waals surface area contributed by atoms with E-state index < -0.39 is 0 Å². The zero-order valence-corrected chi connectivity index (χ0v) is 13.5. The monoisotopic (exact) mass is 316 g/mol. The average Bonchev–Trinajstić information content (AvgIpc) is 2.84. The molecule has 1 aromatic carbocycles. The molecule has 0 unspecified atom stereocenters. The van der Waals surface area contributed by atoms with Crippen molar-refractivity contribution in [3.8, 4) is 5.69 Å². The minimum absolute atomic E-state index is 0.136. The summed E-state index contributed by atoms with van der Waals surface area (Å²) in [6.07, 6.45) is 0.360. The van der Waals surface area contributed by atoms with Crippen LogP contribution < -0.4 is 5.32 Å². The molecule has 1 aromatic heterocycles. The van der Waals surface area contributed by atoms with Crippen LogP contribution >= 0.6 is 0 Å². The molecule has 2 heterocycles. The van der Waals surface area contributed by atoms with Crippen LogP contribution in [0.3, 0.4) is 0 Å². The van der Waals surface area contributed by atoms with Crippen molar-refractivity contribution >= 4 is 5.91 Å². The van der Waals surface area contributed by atoms with Crippen molar-refractivity contribution in [2.45, 2.75) is 20.3 Å². The zero-order chi connectivity index (χ0) is 16.4. The topological polar surface area (TPSA) is 50.2 Å². The summed E-state index contributed by atoms with van der Waals surface area (Å²) in [5.74, 6) is -0.138. The van der Waals surface area contributed by atoms with E-state index in [9.17, 15) is 9.18 Å². The summed E-state index contributed by atoms with van der Waals surface area (Å²) < 4.78 is 14.9. The van der Waals surface area contributed by atoms with Crippen molar-refractivity contribution in [2.24, 2.45) is 0 Å². The van der Waals surface area contributed by atoms with E-state index in [2.05, 4.69) is 10.4 Å². The highest BCUT2D eigenvalue weighted by Gasteiger charge is 2.21. The van der Waals surface area contributed by atoms with Gasteiger partial charge in [-0.15, -0.1) is 0 Å². The van der Waals surface area contributed by atoms with Gasteiger partial charge in [-0.1, -0.05) is 0 Å². The molecule has 1 fully saturated rings. The van der Waals surface area contributed by atoms with Gasteiger partial charge in [-0.3, -0.25) is 4.79 Å². The molecule has 1 saturated heterocycles. The van der Waals surface area contributed by atoms with Gasteiger partial charge in [0.2, 0.25) is 5.91 Å². The molecule has 0 spiro atoms. The van der Waals surface area contributed by atoms with Crippen LogP contribution in [0.5, 0.6) is 0 Å². The third-order valence-electron chi connectivity index (χ3n) is 4.31. The SMILES string of the molecule is Cc1nn(-c2ccc(F)cc2)c(C)c1CC(=O)N1CCNCC1. The van der Waals surface area contributed by atoms with Crippen LogP contribution in [-0.4, -0.2) is 46.8 Å². The number of nitrogens with zero attached hydrogens (tertiary/aromatic N) is 3. The Kier molecular flexibility index (Phi) is 4.43. The number of amides is 1. The Bertz CT molecular complexity index is 702. The fourth-order valence-electron chi connectivity index (χ4n) is 2.94. The summed E-state index contributed by atoms with van der Waals surface area (Å²) in [5, 5.41) is 7.76. The van der Waals surface area contributed by atoms with E-state index >= 15 is 0 Å². The van der Waals surface area contributed by atoms with Crippen molar-refractivity contribution in [3.63, 3.8) is 0 Å². The number of aryl methyl sites for hydroxylation is 1. The summed E-state index contributed by atoms with van der Waals surface area (Å²) in [6, 6.07) is 6.21. The second-order valence-corrected chi connectivity index (χ2v) is 5.85. The van der Waals surface area contributed by atoms with E-state index in [4.69, 9.17) is 0 Å². The first-order chi connectivity index (χ1) is 11.1. The van der Waals surface area contributed by atoms with Gasteiger partial charge < -0.3 is 10.2 Å². The molecule has 1 aliphatic heterocycles. The number of hydrogen-bond donors (Lipinski definition) is 1. The minimum atomic E-state index is -0.274. The lowest BCUT2D eigenvalue weighted by atomic mass is 10.1. The average molecular weight is 316 g/mol. The van der Waals surface area contributed by atoms with Crippen LogP contribution in [0.4, 0.5) is 4.39 Å². The Labute approximate surface area is 135 Å². The Morgan fingerprint density at radius 3 is 2.52 bits per heavy atom. The van der Waals surface area contributed by atoms with Gasteiger partial charge >= 0.3 is 0 Å². The molecule has 1 N–H and O–H groups in total. The van der Waals surface area contributed by atoms with Crippen LogP contribution in [-0.2, 0) is 11.2 Å². The maximum atomic E-state index is 13.1. The smallest absolute Gasteiger partial charge is 0.227 e. The first kappa shape index (κ1) is 15.7. The Morgan fingerprint density at radius 2 is 1.87 bits per heavy atom. The standard InChI is InChI=1S/C17H21FN4O/c1-12-16(11-17(23)21-9-7-19-8-10-21)13(2)22(20-12)15-5-3-14(18)4-6-15/h3-6,19H,7-11H2,1-2H3. The highest BCUT2D eigenvalue weighted by Crippen LogP contribution is 2.19. The third-order valence-corrected chi connectivity index (χ3v) is 4.31. The van der Waals surface area contributed by atoms with Gasteiger partial charge in [-0.05, 0) is 38.1 Å². The van der Waals surface area contributed by atoms with E-state index in [1.54, 1.807) is 16.8 Å². The number of carbonyl (C=O) groups excluding carboxylic acids is 1. The molecule has 0 atom stereocenters. The summed E-state index contributed by atoms with van der Waals surface area (Å²) >= 11 is 0. The van der Waals surface area contributed by atoms with Crippen LogP contribution in [0.15, 0.2) is 24.3 Å². The van der Waals surface area contributed by atoms with E-state index in [0.717, 1.165) is 48.8 Å². The quantitative estimate of drug-likeness (QED) is 0.936. The number of nitrogens with one attached hydrogen (secondary N) is 1. The van der Waals surface area contributed by atoms with Crippen molar-refractivity contribution in [1.29, 1.82) is 0 Å². The van der Waals surface area contributed by atoms with Gasteiger partial charge in [-0.2, -0.15) is 5.10 Å². The summed E-state index contributed by atoms with van der Waals surface area (Å²) in [7, 11) is 0. The molecule has 1 aliphatic rings. The molecular formula is C17H21FN4O. The lowest BCUT2D eigenvalue weighted by Gasteiger charge is -2.27. The van der Waals surface area contributed by atoms with Gasteiger partial charge in [0.05, 0.1) is 17.8 Å². The maximum Gasteiger partial charge on any atom is 0.227 e. The lowest BCUT2D eigenvalue weighted by Crippen LogP contribution is -2.47. The molecule has 0 saturated carbocycles. The number of halogens is 1. The Morgan fingerprint density at radius 1 is 1.22 bits per heavy atom. The summed E-state index contributed by atoms with van der Waals surface area (Å²) in [5.41, 5.74) is 3.53. The second-order valence-electron chi connectivity index (χ2n) is 5.85. The van der Waals surface area contributed by atoms with E-state index in [1.165, 1.54) is 12.1 Å². The first-order valence-electron chi connectivity index (χ1n) is 7.86. The van der Waals surface area contributed by atoms with Crippen LogP contribution in [0.25, 0.3) is 5.69 Å². The molecule has 0 bridgehead atoms. The highest BCUT2D eigenvalue weighted by atomic mass is 19.1. The number of carbonyl (C=O) groups is 1. The molecule has 5 nitrogen and oxygen atoms in total. The van der Waals surface area contributed by atoms with E-state index in [0.29, 0.717) is 6.42 Å². The molecule has 23 heavy (non-hydrogen) atoms. The van der Waals surface area contributed by atoms with E-state index in [1.807, 2.05) is 18.7 Å². The molecule has 6 heteroatoms. The number of piperazine rings is 1. The first-order valence-corrected chi connectivity index (χ1v) is 7.86. The molecule has 3 rings (SSSR count). The second kappa shape index (κ2) is 6.50. The summed E-state index contributed by atoms with van der Waals surface area (Å²) in [4.78, 5) is 14.4. The fraction of sp³-hybridized carbons (Fsp3) is 0.412. The molecule has 2 aromatic rings. The van der Waals surface area contributed by atoms with Gasteiger partial charge in [-0.25, -0.2) is 9.07 Å². The molecule has 122 valence electrons. The lowest BCUT2D eigenvalue weighted by molar-refractivity contribution is -0.131. The molecule has 0 radical (unpaired) electrons.